The Kier molecular flexibility index (Phi) is 7.47. The van der Waals surface area contributed by atoms with E-state index in [-0.39, 0.29) is 33.7 Å². The van der Waals surface area contributed by atoms with Crippen molar-refractivity contribution in [2.75, 3.05) is 38.2 Å². The quantitative estimate of drug-likeness (QED) is 0.337. The van der Waals surface area contributed by atoms with Gasteiger partial charge in [0, 0.05) is 30.8 Å². The van der Waals surface area contributed by atoms with Crippen LogP contribution in [0, 0.1) is 0 Å². The largest absolute Gasteiger partial charge is 0.480 e. The number of aliphatic carboxylic acids is 1. The van der Waals surface area contributed by atoms with Crippen LogP contribution in [-0.2, 0) is 30.5 Å². The summed E-state index contributed by atoms with van der Waals surface area (Å²) in [6, 6.07) is 9.60. The zero-order chi connectivity index (χ0) is 28.7. The van der Waals surface area contributed by atoms with Crippen molar-refractivity contribution in [3.05, 3.63) is 53.8 Å². The van der Waals surface area contributed by atoms with Crippen molar-refractivity contribution in [1.29, 1.82) is 0 Å². The predicted octanol–water partition coefficient (Wildman–Crippen LogP) is 2.98. The zero-order valence-corrected chi connectivity index (χ0v) is 22.2. The molecule has 2 fully saturated rings. The first-order valence-electron chi connectivity index (χ1n) is 12.0. The number of benzene rings is 1. The summed E-state index contributed by atoms with van der Waals surface area (Å²) in [6.45, 7) is 2.53. The second-order valence-electron chi connectivity index (χ2n) is 9.39. The molecule has 1 aliphatic carbocycles. The summed E-state index contributed by atoms with van der Waals surface area (Å²) in [6.07, 6.45) is -4.79. The highest BCUT2D eigenvalue weighted by Gasteiger charge is 2.63. The maximum atomic E-state index is 13.1. The molecule has 16 heteroatoms. The minimum atomic E-state index is -4.75. The van der Waals surface area contributed by atoms with Gasteiger partial charge in [0.1, 0.15) is 15.4 Å². The van der Waals surface area contributed by atoms with Gasteiger partial charge in [0.05, 0.1) is 24.6 Å². The van der Waals surface area contributed by atoms with Crippen molar-refractivity contribution in [3.8, 4) is 10.6 Å². The molecule has 2 atom stereocenters. The molecule has 0 bridgehead atoms. The number of carbonyl (C=O) groups is 2. The smallest absolute Gasteiger partial charge is 0.452 e. The summed E-state index contributed by atoms with van der Waals surface area (Å²) in [5, 5.41) is 16.1. The number of ether oxygens (including phenoxy) is 1. The lowest BCUT2D eigenvalue weighted by Gasteiger charge is -2.25. The Bertz CT molecular complexity index is 1530. The Hall–Kier alpha value is -3.31. The third kappa shape index (κ3) is 5.90. The third-order valence-electron chi connectivity index (χ3n) is 6.59. The number of sulfonamides is 1. The van der Waals surface area contributed by atoms with E-state index in [4.69, 9.17) is 4.74 Å². The van der Waals surface area contributed by atoms with Gasteiger partial charge in [-0.1, -0.05) is 17.3 Å². The molecule has 0 spiro atoms. The fraction of sp³-hybridized carbons (Fsp3) is 0.375. The summed E-state index contributed by atoms with van der Waals surface area (Å²) in [5.41, 5.74) is -1.08. The van der Waals surface area contributed by atoms with Crippen LogP contribution in [0.3, 0.4) is 0 Å². The highest BCUT2D eigenvalue weighted by molar-refractivity contribution is 7.91. The Morgan fingerprint density at radius 2 is 1.93 bits per heavy atom. The van der Waals surface area contributed by atoms with Crippen LogP contribution in [0.25, 0.3) is 10.6 Å². The van der Waals surface area contributed by atoms with Crippen molar-refractivity contribution in [3.63, 3.8) is 0 Å². The number of hydrogen-bond donors (Lipinski definition) is 3. The lowest BCUT2D eigenvalue weighted by atomic mass is 10.1. The standard InChI is InChI=1S/C24H23F3N4O7S2/c25-24(26,27)19-11-17(29-38-19)18-4-5-21(39-18)40(35,36)30-23(22(33)34)12-16(23)14-2-1-3-15(10-14)28-20(32)13-31-6-8-37-9-7-31/h1-5,10-11,16,30H,6-9,12-13H2,(H,28,32)(H,33,34)/t16-,23?/m0/s1. The number of halogens is 3. The van der Waals surface area contributed by atoms with E-state index in [0.29, 0.717) is 55.0 Å². The van der Waals surface area contributed by atoms with Crippen LogP contribution in [0.15, 0.2) is 51.2 Å². The highest BCUT2D eigenvalue weighted by Crippen LogP contribution is 2.53. The van der Waals surface area contributed by atoms with Crippen LogP contribution < -0.4 is 10.0 Å². The van der Waals surface area contributed by atoms with Crippen molar-refractivity contribution >= 4 is 38.9 Å². The number of nitrogens with one attached hydrogen (secondary N) is 2. The van der Waals surface area contributed by atoms with E-state index < -0.39 is 39.4 Å². The van der Waals surface area contributed by atoms with Gasteiger partial charge in [-0.2, -0.15) is 17.9 Å². The number of carboxylic acid groups (broad SMARTS) is 1. The van der Waals surface area contributed by atoms with E-state index in [1.54, 1.807) is 24.3 Å². The molecule has 11 nitrogen and oxygen atoms in total. The van der Waals surface area contributed by atoms with Crippen molar-refractivity contribution in [2.45, 2.75) is 28.3 Å². The van der Waals surface area contributed by atoms with Gasteiger partial charge in [-0.25, -0.2) is 8.42 Å². The fourth-order valence-electron chi connectivity index (χ4n) is 4.47. The monoisotopic (exact) mass is 600 g/mol. The molecule has 3 N–H and O–H groups in total. The minimum absolute atomic E-state index is 0.0385. The number of hydrogen-bond acceptors (Lipinski definition) is 9. The Morgan fingerprint density at radius 3 is 2.60 bits per heavy atom. The molecule has 2 aromatic heterocycles. The number of aromatic nitrogens is 1. The molecule has 1 unspecified atom stereocenters. The Balaban J connectivity index is 1.29. The first-order valence-corrected chi connectivity index (χ1v) is 14.3. The first-order chi connectivity index (χ1) is 18.9. The highest BCUT2D eigenvalue weighted by atomic mass is 32.2. The molecule has 1 aliphatic heterocycles. The van der Waals surface area contributed by atoms with E-state index in [9.17, 15) is 36.3 Å². The van der Waals surface area contributed by atoms with Crippen LogP contribution in [0.1, 0.15) is 23.7 Å². The molecule has 1 amide bonds. The van der Waals surface area contributed by atoms with E-state index in [1.165, 1.54) is 6.07 Å². The number of rotatable bonds is 9. The number of thiophene rings is 1. The average molecular weight is 601 g/mol. The van der Waals surface area contributed by atoms with Gasteiger partial charge in [-0.15, -0.1) is 11.3 Å². The number of alkyl halides is 3. The summed E-state index contributed by atoms with van der Waals surface area (Å²) in [4.78, 5) is 26.8. The number of nitrogens with zero attached hydrogens (tertiary/aromatic N) is 2. The fourth-order valence-corrected chi connectivity index (χ4v) is 7.13. The molecular formula is C24H23F3N4O7S2. The maximum absolute atomic E-state index is 13.1. The SMILES string of the molecule is O=C(CN1CCOCC1)Nc1cccc([C@@H]2CC2(NS(=O)(=O)c2ccc(-c3cc(C(F)(F)F)on3)s2)C(=O)O)c1. The van der Waals surface area contributed by atoms with E-state index in [2.05, 4.69) is 19.7 Å². The lowest BCUT2D eigenvalue weighted by Crippen LogP contribution is -2.44. The molecule has 1 aromatic carbocycles. The second-order valence-corrected chi connectivity index (χ2v) is 12.4. The van der Waals surface area contributed by atoms with Gasteiger partial charge < -0.3 is 19.7 Å². The van der Waals surface area contributed by atoms with Crippen LogP contribution in [0.4, 0.5) is 18.9 Å². The van der Waals surface area contributed by atoms with Crippen LogP contribution in [0.2, 0.25) is 0 Å². The number of morpholine rings is 1. The van der Waals surface area contributed by atoms with Gasteiger partial charge in [-0.3, -0.25) is 14.5 Å². The summed E-state index contributed by atoms with van der Waals surface area (Å²) in [5.74, 6) is -3.68. The molecule has 5 rings (SSSR count). The van der Waals surface area contributed by atoms with E-state index >= 15 is 0 Å². The topological polar surface area (TPSA) is 151 Å². The summed E-state index contributed by atoms with van der Waals surface area (Å²) < 4.78 is 76.2. The third-order valence-corrected chi connectivity index (χ3v) is 9.70. The van der Waals surface area contributed by atoms with Gasteiger partial charge in [0.15, 0.2) is 0 Å². The molecule has 1 saturated carbocycles. The van der Waals surface area contributed by atoms with Gasteiger partial charge in [0.2, 0.25) is 11.7 Å². The van der Waals surface area contributed by atoms with E-state index in [0.717, 1.165) is 6.07 Å². The second kappa shape index (κ2) is 10.6. The molecule has 2 aliphatic rings. The minimum Gasteiger partial charge on any atom is -0.480 e. The van der Waals surface area contributed by atoms with E-state index in [1.807, 2.05) is 4.90 Å². The summed E-state index contributed by atoms with van der Waals surface area (Å²) in [7, 11) is -4.37. The van der Waals surface area contributed by atoms with Crippen LogP contribution in [0.5, 0.6) is 0 Å². The molecule has 0 radical (unpaired) electrons. The molecule has 40 heavy (non-hydrogen) atoms. The number of amides is 1. The lowest BCUT2D eigenvalue weighted by molar-refractivity contribution is -0.155. The first kappa shape index (κ1) is 28.2. The summed E-state index contributed by atoms with van der Waals surface area (Å²) >= 11 is 0.625. The number of carbonyl (C=O) groups excluding carboxylic acids is 1. The van der Waals surface area contributed by atoms with Crippen molar-refractivity contribution in [1.82, 2.24) is 14.8 Å². The maximum Gasteiger partial charge on any atom is 0.452 e. The van der Waals surface area contributed by atoms with Crippen LogP contribution >= 0.6 is 11.3 Å². The average Bonchev–Trinajstić information content (AvgIpc) is 3.24. The Labute approximate surface area is 230 Å². The van der Waals surface area contributed by atoms with Crippen molar-refractivity contribution < 1.29 is 45.5 Å². The van der Waals surface area contributed by atoms with Crippen LogP contribution in [-0.4, -0.2) is 73.8 Å². The number of anilines is 1. The van der Waals surface area contributed by atoms with Gasteiger partial charge in [0.25, 0.3) is 10.0 Å². The van der Waals surface area contributed by atoms with Gasteiger partial charge in [-0.05, 0) is 36.2 Å². The normalized spacial score (nSPS) is 21.7. The van der Waals surface area contributed by atoms with Crippen molar-refractivity contribution in [2.24, 2.45) is 0 Å². The predicted molar refractivity (Wildman–Crippen MR) is 135 cm³/mol. The van der Waals surface area contributed by atoms with Gasteiger partial charge >= 0.3 is 12.1 Å². The molecular weight excluding hydrogens is 577 g/mol. The number of carboxylic acids is 1. The molecule has 1 saturated heterocycles. The Morgan fingerprint density at radius 1 is 1.18 bits per heavy atom. The molecule has 3 heterocycles. The molecule has 214 valence electrons. The zero-order valence-electron chi connectivity index (χ0n) is 20.6. The molecule has 3 aromatic rings.